The van der Waals surface area contributed by atoms with Gasteiger partial charge in [-0.3, -0.25) is 9.59 Å². The zero-order valence-corrected chi connectivity index (χ0v) is 10.3. The summed E-state index contributed by atoms with van der Waals surface area (Å²) in [5.74, 6) is -2.07. The van der Waals surface area contributed by atoms with Crippen molar-refractivity contribution in [2.24, 2.45) is 0 Å². The summed E-state index contributed by atoms with van der Waals surface area (Å²) in [6.45, 7) is 3.85. The second kappa shape index (κ2) is 4.90. The Labute approximate surface area is 109 Å². The van der Waals surface area contributed by atoms with Crippen LogP contribution in [-0.2, 0) is 4.79 Å². The van der Waals surface area contributed by atoms with Gasteiger partial charge in [0.1, 0.15) is 5.82 Å². The standard InChI is InChI=1S/C13H11ClFNO2/c1-2-3-4-7-16-11-9(15)6-5-8(14)10(11)12(17)13(16)18/h2,5-6H,1,3-4,7H2. The fourth-order valence-electron chi connectivity index (χ4n) is 1.96. The number of rotatable bonds is 4. The Morgan fingerprint density at radius 3 is 2.78 bits per heavy atom. The summed E-state index contributed by atoms with van der Waals surface area (Å²) < 4.78 is 13.8. The average molecular weight is 268 g/mol. The van der Waals surface area contributed by atoms with Crippen molar-refractivity contribution in [2.45, 2.75) is 12.8 Å². The molecule has 0 fully saturated rings. The molecule has 18 heavy (non-hydrogen) atoms. The Bertz CT molecular complexity index is 542. The van der Waals surface area contributed by atoms with E-state index in [0.29, 0.717) is 12.8 Å². The zero-order chi connectivity index (χ0) is 13.3. The highest BCUT2D eigenvalue weighted by molar-refractivity contribution is 6.55. The van der Waals surface area contributed by atoms with Gasteiger partial charge in [0.15, 0.2) is 0 Å². The molecule has 5 heteroatoms. The largest absolute Gasteiger partial charge is 0.302 e. The highest BCUT2D eigenvalue weighted by Gasteiger charge is 2.39. The van der Waals surface area contributed by atoms with Crippen molar-refractivity contribution >= 4 is 29.0 Å². The molecule has 3 nitrogen and oxygen atoms in total. The van der Waals surface area contributed by atoms with Crippen LogP contribution in [0.2, 0.25) is 5.02 Å². The van der Waals surface area contributed by atoms with Gasteiger partial charge in [-0.15, -0.1) is 6.58 Å². The van der Waals surface area contributed by atoms with E-state index in [1.165, 1.54) is 6.07 Å². The summed E-state index contributed by atoms with van der Waals surface area (Å²) in [5, 5.41) is 0.107. The minimum absolute atomic E-state index is 0.00145. The van der Waals surface area contributed by atoms with E-state index in [1.54, 1.807) is 6.08 Å². The first-order chi connectivity index (χ1) is 8.57. The molecule has 0 N–H and O–H groups in total. The van der Waals surface area contributed by atoms with Crippen LogP contribution in [0.1, 0.15) is 23.2 Å². The van der Waals surface area contributed by atoms with E-state index >= 15 is 0 Å². The van der Waals surface area contributed by atoms with Crippen molar-refractivity contribution in [3.63, 3.8) is 0 Å². The van der Waals surface area contributed by atoms with Crippen LogP contribution in [-0.4, -0.2) is 18.2 Å². The van der Waals surface area contributed by atoms with Crippen LogP contribution in [0.25, 0.3) is 0 Å². The third-order valence-electron chi connectivity index (χ3n) is 2.80. The Morgan fingerprint density at radius 2 is 2.11 bits per heavy atom. The van der Waals surface area contributed by atoms with E-state index in [0.717, 1.165) is 11.0 Å². The van der Waals surface area contributed by atoms with Crippen molar-refractivity contribution in [1.29, 1.82) is 0 Å². The number of anilines is 1. The number of unbranched alkanes of at least 4 members (excludes halogenated alkanes) is 1. The minimum Gasteiger partial charge on any atom is -0.302 e. The Balaban J connectivity index is 2.41. The number of halogens is 2. The molecule has 0 spiro atoms. The fourth-order valence-corrected chi connectivity index (χ4v) is 2.20. The number of hydrogen-bond donors (Lipinski definition) is 0. The molecule has 0 aliphatic carbocycles. The first-order valence-electron chi connectivity index (χ1n) is 5.53. The summed E-state index contributed by atoms with van der Waals surface area (Å²) in [5.41, 5.74) is -0.0261. The maximum Gasteiger partial charge on any atom is 0.299 e. The lowest BCUT2D eigenvalue weighted by atomic mass is 10.1. The van der Waals surface area contributed by atoms with E-state index in [4.69, 9.17) is 11.6 Å². The van der Waals surface area contributed by atoms with E-state index in [-0.39, 0.29) is 22.8 Å². The lowest BCUT2D eigenvalue weighted by Crippen LogP contribution is -2.31. The molecule has 94 valence electrons. The SMILES string of the molecule is C=CCCCN1C(=O)C(=O)c2c(Cl)ccc(F)c21. The van der Waals surface area contributed by atoms with Crippen LogP contribution < -0.4 is 4.90 Å². The molecule has 0 saturated carbocycles. The average Bonchev–Trinajstić information content (AvgIpc) is 2.60. The molecule has 2 rings (SSSR count). The molecule has 0 aromatic heterocycles. The van der Waals surface area contributed by atoms with Gasteiger partial charge in [-0.1, -0.05) is 17.7 Å². The van der Waals surface area contributed by atoms with Crippen molar-refractivity contribution in [3.8, 4) is 0 Å². The fraction of sp³-hybridized carbons (Fsp3) is 0.231. The molecule has 1 aromatic rings. The van der Waals surface area contributed by atoms with Crippen LogP contribution in [0.4, 0.5) is 10.1 Å². The molecule has 0 unspecified atom stereocenters. The molecule has 0 atom stereocenters. The zero-order valence-electron chi connectivity index (χ0n) is 9.58. The molecular formula is C13H11ClFNO2. The Morgan fingerprint density at radius 1 is 1.39 bits per heavy atom. The van der Waals surface area contributed by atoms with Crippen molar-refractivity contribution in [1.82, 2.24) is 0 Å². The predicted molar refractivity (Wildman–Crippen MR) is 67.5 cm³/mol. The quantitative estimate of drug-likeness (QED) is 0.478. The third-order valence-corrected chi connectivity index (χ3v) is 3.12. The highest BCUT2D eigenvalue weighted by Crippen LogP contribution is 2.36. The number of amides is 1. The molecule has 1 aliphatic rings. The van der Waals surface area contributed by atoms with E-state index < -0.39 is 17.5 Å². The molecule has 1 heterocycles. The third kappa shape index (κ3) is 1.93. The predicted octanol–water partition coefficient (Wildman–Crippen LogP) is 2.97. The monoisotopic (exact) mass is 267 g/mol. The summed E-state index contributed by atoms with van der Waals surface area (Å²) in [7, 11) is 0. The normalized spacial score (nSPS) is 14.0. The van der Waals surface area contributed by atoms with Gasteiger partial charge in [-0.05, 0) is 25.0 Å². The van der Waals surface area contributed by atoms with Crippen LogP contribution in [0.3, 0.4) is 0 Å². The number of allylic oxidation sites excluding steroid dienone is 1. The summed E-state index contributed by atoms with van der Waals surface area (Å²) in [4.78, 5) is 24.7. The van der Waals surface area contributed by atoms with Gasteiger partial charge in [0.2, 0.25) is 0 Å². The summed E-state index contributed by atoms with van der Waals surface area (Å²) >= 11 is 5.85. The number of ketones is 1. The number of nitrogens with zero attached hydrogens (tertiary/aromatic N) is 1. The maximum atomic E-state index is 13.8. The first-order valence-corrected chi connectivity index (χ1v) is 5.90. The Hall–Kier alpha value is -1.68. The molecule has 1 aromatic carbocycles. The second-order valence-electron chi connectivity index (χ2n) is 3.97. The second-order valence-corrected chi connectivity index (χ2v) is 4.38. The van der Waals surface area contributed by atoms with Gasteiger partial charge >= 0.3 is 0 Å². The van der Waals surface area contributed by atoms with E-state index in [1.807, 2.05) is 0 Å². The number of carbonyl (C=O) groups excluding carboxylic acids is 2. The minimum atomic E-state index is -0.742. The molecular weight excluding hydrogens is 257 g/mol. The van der Waals surface area contributed by atoms with E-state index in [9.17, 15) is 14.0 Å². The van der Waals surface area contributed by atoms with E-state index in [2.05, 4.69) is 6.58 Å². The van der Waals surface area contributed by atoms with Gasteiger partial charge in [0, 0.05) is 6.54 Å². The first kappa shape index (κ1) is 12.8. The number of Topliss-reactive ketones (excluding diaryl/α,β-unsaturated/α-hetero) is 1. The van der Waals surface area contributed by atoms with Gasteiger partial charge in [-0.25, -0.2) is 4.39 Å². The summed E-state index contributed by atoms with van der Waals surface area (Å²) in [6, 6.07) is 2.45. The van der Waals surface area contributed by atoms with Gasteiger partial charge in [0.05, 0.1) is 16.3 Å². The van der Waals surface area contributed by atoms with Crippen molar-refractivity contribution in [2.75, 3.05) is 11.4 Å². The van der Waals surface area contributed by atoms with Crippen molar-refractivity contribution in [3.05, 3.63) is 41.2 Å². The molecule has 0 bridgehead atoms. The number of carbonyl (C=O) groups is 2. The molecule has 0 saturated heterocycles. The molecule has 1 amide bonds. The topological polar surface area (TPSA) is 37.4 Å². The molecule has 0 radical (unpaired) electrons. The van der Waals surface area contributed by atoms with Crippen LogP contribution in [0.5, 0.6) is 0 Å². The summed E-state index contributed by atoms with van der Waals surface area (Å²) in [6.07, 6.45) is 3.01. The lowest BCUT2D eigenvalue weighted by molar-refractivity contribution is -0.114. The maximum absolute atomic E-state index is 13.8. The van der Waals surface area contributed by atoms with Crippen molar-refractivity contribution < 1.29 is 14.0 Å². The van der Waals surface area contributed by atoms with Crippen LogP contribution in [0.15, 0.2) is 24.8 Å². The van der Waals surface area contributed by atoms with Crippen LogP contribution >= 0.6 is 11.6 Å². The van der Waals surface area contributed by atoms with Gasteiger partial charge in [-0.2, -0.15) is 0 Å². The number of fused-ring (bicyclic) bond motifs is 1. The van der Waals surface area contributed by atoms with Gasteiger partial charge < -0.3 is 4.90 Å². The lowest BCUT2D eigenvalue weighted by Gasteiger charge is -2.16. The smallest absolute Gasteiger partial charge is 0.299 e. The molecule has 1 aliphatic heterocycles. The van der Waals surface area contributed by atoms with Gasteiger partial charge in [0.25, 0.3) is 11.7 Å². The number of hydrogen-bond acceptors (Lipinski definition) is 2. The number of benzene rings is 1. The highest BCUT2D eigenvalue weighted by atomic mass is 35.5. The van der Waals surface area contributed by atoms with Crippen LogP contribution in [0, 0.1) is 5.82 Å². The Kier molecular flexibility index (Phi) is 3.48.